The second kappa shape index (κ2) is 8.30. The highest BCUT2D eigenvalue weighted by molar-refractivity contribution is 5.91. The highest BCUT2D eigenvalue weighted by Gasteiger charge is 2.12. The molecule has 0 atom stereocenters. The number of nitrogens with one attached hydrogen (secondary N) is 2. The first kappa shape index (κ1) is 18.3. The van der Waals surface area contributed by atoms with Crippen LogP contribution in [0.4, 0.5) is 28.8 Å². The Morgan fingerprint density at radius 1 is 0.933 bits per heavy atom. The lowest BCUT2D eigenvalue weighted by Gasteiger charge is -2.29. The van der Waals surface area contributed by atoms with Gasteiger partial charge in [-0.2, -0.15) is 15.2 Å². The van der Waals surface area contributed by atoms with Gasteiger partial charge >= 0.3 is 0 Å². The number of anilines is 5. The van der Waals surface area contributed by atoms with Gasteiger partial charge < -0.3 is 20.3 Å². The molecule has 0 aliphatic carbocycles. The number of hydrogen-bond donors (Lipinski definition) is 2. The normalized spacial score (nSPS) is 13.9. The topological polar surface area (TPSA) is 88.1 Å². The molecule has 30 heavy (non-hydrogen) atoms. The second-order valence-electron chi connectivity index (χ2n) is 6.94. The van der Waals surface area contributed by atoms with Gasteiger partial charge in [0.2, 0.25) is 5.95 Å². The van der Waals surface area contributed by atoms with Crippen LogP contribution < -0.4 is 15.5 Å². The Hall–Kier alpha value is -3.78. The highest BCUT2D eigenvalue weighted by atomic mass is 16.5. The van der Waals surface area contributed by atoms with Gasteiger partial charge in [-0.05, 0) is 30.3 Å². The maximum atomic E-state index is 5.44. The smallest absolute Gasteiger partial charge is 0.229 e. The summed E-state index contributed by atoms with van der Waals surface area (Å²) in [4.78, 5) is 11.3. The minimum atomic E-state index is 0.519. The molecule has 0 bridgehead atoms. The van der Waals surface area contributed by atoms with Crippen molar-refractivity contribution in [2.45, 2.75) is 0 Å². The fraction of sp³-hybridized carbons (Fsp3) is 0.182. The predicted octanol–water partition coefficient (Wildman–Crippen LogP) is 3.74. The van der Waals surface area contributed by atoms with Crippen molar-refractivity contribution in [1.29, 1.82) is 0 Å². The molecule has 0 unspecified atom stereocenters. The largest absolute Gasteiger partial charge is 0.378 e. The first-order valence-electron chi connectivity index (χ1n) is 9.85. The Kier molecular flexibility index (Phi) is 5.05. The van der Waals surface area contributed by atoms with Crippen LogP contribution in [0.5, 0.6) is 0 Å². The van der Waals surface area contributed by atoms with Gasteiger partial charge in [0.1, 0.15) is 5.82 Å². The molecule has 0 saturated carbocycles. The first-order chi connectivity index (χ1) is 14.8. The van der Waals surface area contributed by atoms with Gasteiger partial charge in [0, 0.05) is 36.0 Å². The molecule has 1 fully saturated rings. The van der Waals surface area contributed by atoms with E-state index in [1.165, 1.54) is 0 Å². The van der Waals surface area contributed by atoms with Crippen LogP contribution in [-0.4, -0.2) is 46.5 Å². The summed E-state index contributed by atoms with van der Waals surface area (Å²) in [6.07, 6.45) is 3.42. The molecule has 0 radical (unpaired) electrons. The predicted molar refractivity (Wildman–Crippen MR) is 118 cm³/mol. The average Bonchev–Trinajstić information content (AvgIpc) is 2.80. The molecule has 5 rings (SSSR count). The van der Waals surface area contributed by atoms with Crippen molar-refractivity contribution < 1.29 is 4.74 Å². The molecule has 0 spiro atoms. The van der Waals surface area contributed by atoms with Crippen LogP contribution in [0.1, 0.15) is 0 Å². The summed E-state index contributed by atoms with van der Waals surface area (Å²) >= 11 is 0. The van der Waals surface area contributed by atoms with Crippen LogP contribution in [0.3, 0.4) is 0 Å². The number of hydrogen-bond acceptors (Lipinski definition) is 8. The molecule has 8 heteroatoms. The van der Waals surface area contributed by atoms with E-state index in [-0.39, 0.29) is 0 Å². The number of nitrogens with zero attached hydrogens (tertiary/aromatic N) is 5. The maximum Gasteiger partial charge on any atom is 0.229 e. The van der Waals surface area contributed by atoms with E-state index in [0.29, 0.717) is 11.8 Å². The van der Waals surface area contributed by atoms with E-state index >= 15 is 0 Å². The molecule has 8 nitrogen and oxygen atoms in total. The van der Waals surface area contributed by atoms with Crippen molar-refractivity contribution in [3.05, 3.63) is 67.0 Å². The van der Waals surface area contributed by atoms with Gasteiger partial charge in [0.15, 0.2) is 0 Å². The van der Waals surface area contributed by atoms with Crippen molar-refractivity contribution in [2.24, 2.45) is 0 Å². The molecule has 2 N–H and O–H groups in total. The van der Waals surface area contributed by atoms with Crippen molar-refractivity contribution in [2.75, 3.05) is 41.8 Å². The summed E-state index contributed by atoms with van der Waals surface area (Å²) in [5, 5.41) is 15.8. The highest BCUT2D eigenvalue weighted by Crippen LogP contribution is 2.25. The molecule has 1 saturated heterocycles. The Bertz CT molecular complexity index is 1160. The van der Waals surface area contributed by atoms with E-state index in [2.05, 4.69) is 47.8 Å². The van der Waals surface area contributed by atoms with Crippen LogP contribution in [-0.2, 0) is 4.74 Å². The number of fused-ring (bicyclic) bond motifs is 1. The Morgan fingerprint density at radius 3 is 2.77 bits per heavy atom. The number of rotatable bonds is 5. The SMILES string of the molecule is c1cc(Nc2nccc(Nc3cnnc4ccccc34)n2)cc(N2CCOCC2)c1. The monoisotopic (exact) mass is 399 g/mol. The van der Waals surface area contributed by atoms with E-state index in [9.17, 15) is 0 Å². The van der Waals surface area contributed by atoms with Crippen molar-refractivity contribution in [3.8, 4) is 0 Å². The fourth-order valence-electron chi connectivity index (χ4n) is 3.46. The first-order valence-corrected chi connectivity index (χ1v) is 9.85. The fourth-order valence-corrected chi connectivity index (χ4v) is 3.46. The maximum absolute atomic E-state index is 5.44. The molecule has 1 aliphatic rings. The third-order valence-corrected chi connectivity index (χ3v) is 4.94. The summed E-state index contributed by atoms with van der Waals surface area (Å²) in [6, 6.07) is 17.9. The van der Waals surface area contributed by atoms with Gasteiger partial charge in [0.05, 0.1) is 30.6 Å². The van der Waals surface area contributed by atoms with Crippen LogP contribution in [0.2, 0.25) is 0 Å². The molecule has 2 aromatic heterocycles. The lowest BCUT2D eigenvalue weighted by Crippen LogP contribution is -2.36. The quantitative estimate of drug-likeness (QED) is 0.525. The summed E-state index contributed by atoms with van der Waals surface area (Å²) in [5.41, 5.74) is 3.77. The number of aromatic nitrogens is 4. The lowest BCUT2D eigenvalue weighted by molar-refractivity contribution is 0.122. The Balaban J connectivity index is 1.35. The zero-order valence-corrected chi connectivity index (χ0v) is 16.3. The summed E-state index contributed by atoms with van der Waals surface area (Å²) in [5.74, 6) is 1.19. The molecular formula is C22H21N7O. The summed E-state index contributed by atoms with van der Waals surface area (Å²) < 4.78 is 5.44. The van der Waals surface area contributed by atoms with Gasteiger partial charge in [-0.25, -0.2) is 4.98 Å². The number of benzene rings is 2. The van der Waals surface area contributed by atoms with Gasteiger partial charge in [0.25, 0.3) is 0 Å². The van der Waals surface area contributed by atoms with Crippen LogP contribution in [0, 0.1) is 0 Å². The van der Waals surface area contributed by atoms with E-state index in [4.69, 9.17) is 4.74 Å². The van der Waals surface area contributed by atoms with Crippen LogP contribution in [0.25, 0.3) is 10.9 Å². The Morgan fingerprint density at radius 2 is 1.83 bits per heavy atom. The van der Waals surface area contributed by atoms with E-state index in [1.807, 2.05) is 42.5 Å². The van der Waals surface area contributed by atoms with Gasteiger partial charge in [-0.3, -0.25) is 0 Å². The zero-order chi connectivity index (χ0) is 20.2. The van der Waals surface area contributed by atoms with Crippen molar-refractivity contribution in [1.82, 2.24) is 20.2 Å². The molecule has 150 valence electrons. The van der Waals surface area contributed by atoms with Gasteiger partial charge in [-0.1, -0.05) is 24.3 Å². The second-order valence-corrected chi connectivity index (χ2v) is 6.94. The third-order valence-electron chi connectivity index (χ3n) is 4.94. The molecule has 1 aliphatic heterocycles. The molecular weight excluding hydrogens is 378 g/mol. The number of morpholine rings is 1. The minimum Gasteiger partial charge on any atom is -0.378 e. The van der Waals surface area contributed by atoms with Crippen molar-refractivity contribution >= 4 is 39.7 Å². The lowest BCUT2D eigenvalue weighted by atomic mass is 10.2. The minimum absolute atomic E-state index is 0.519. The molecule has 2 aromatic carbocycles. The van der Waals surface area contributed by atoms with E-state index in [0.717, 1.165) is 54.3 Å². The molecule has 4 aromatic rings. The van der Waals surface area contributed by atoms with E-state index < -0.39 is 0 Å². The zero-order valence-electron chi connectivity index (χ0n) is 16.3. The number of ether oxygens (including phenoxy) is 1. The summed E-state index contributed by atoms with van der Waals surface area (Å²) in [7, 11) is 0. The van der Waals surface area contributed by atoms with Crippen LogP contribution >= 0.6 is 0 Å². The standard InChI is InChI=1S/C22H21N7O/c1-2-7-19-18(6-1)20(15-24-28-19)26-21-8-9-23-22(27-21)25-16-4-3-5-17(14-16)29-10-12-30-13-11-29/h1-9,14-15H,10-13H2,(H2,23,25,26,27,28). The van der Waals surface area contributed by atoms with Crippen LogP contribution in [0.15, 0.2) is 67.0 Å². The third kappa shape index (κ3) is 3.99. The van der Waals surface area contributed by atoms with Crippen molar-refractivity contribution in [3.63, 3.8) is 0 Å². The van der Waals surface area contributed by atoms with E-state index in [1.54, 1.807) is 12.4 Å². The Labute approximate surface area is 174 Å². The molecule has 3 heterocycles. The molecule has 0 amide bonds. The summed E-state index contributed by atoms with van der Waals surface area (Å²) in [6.45, 7) is 3.31. The average molecular weight is 399 g/mol. The van der Waals surface area contributed by atoms with Gasteiger partial charge in [-0.15, -0.1) is 0 Å².